The molecule has 3 nitrogen and oxygen atoms in total. The Balaban J connectivity index is -0.000000249. The molecule has 0 rings (SSSR count). The molecule has 0 aliphatic heterocycles. The van der Waals surface area contributed by atoms with Gasteiger partial charge in [0, 0.05) is 6.54 Å². The highest BCUT2D eigenvalue weighted by atomic mass is 35.5. The second-order valence-electron chi connectivity index (χ2n) is 2.95. The van der Waals surface area contributed by atoms with Gasteiger partial charge in [0.2, 0.25) is 5.91 Å². The summed E-state index contributed by atoms with van der Waals surface area (Å²) < 4.78 is 0. The number of hydrogen-bond donors (Lipinski definition) is 2. The zero-order valence-electron chi connectivity index (χ0n) is 10.1. The van der Waals surface area contributed by atoms with E-state index < -0.39 is 0 Å². The Kier molecular flexibility index (Phi) is 25.4. The smallest absolute Gasteiger partial charge is 0.243 e. The molecular formula is C11H25ClN2O. The maximum Gasteiger partial charge on any atom is 0.243 e. The molecule has 4 heteroatoms. The second-order valence-corrected chi connectivity index (χ2v) is 2.95. The lowest BCUT2D eigenvalue weighted by Crippen LogP contribution is -2.24. The van der Waals surface area contributed by atoms with E-state index in [1.165, 1.54) is 18.9 Å². The fraction of sp³-hybridized carbons (Fsp3) is 0.727. The van der Waals surface area contributed by atoms with Gasteiger partial charge in [-0.2, -0.15) is 0 Å². The van der Waals surface area contributed by atoms with Crippen LogP contribution < -0.4 is 10.6 Å². The predicted octanol–water partition coefficient (Wildman–Crippen LogP) is 2.13. The predicted molar refractivity (Wildman–Crippen MR) is 69.6 cm³/mol. The van der Waals surface area contributed by atoms with Crippen molar-refractivity contribution in [3.63, 3.8) is 0 Å². The van der Waals surface area contributed by atoms with Crippen molar-refractivity contribution in [3.8, 4) is 0 Å². The first-order valence-corrected chi connectivity index (χ1v) is 5.27. The van der Waals surface area contributed by atoms with Gasteiger partial charge >= 0.3 is 0 Å². The first kappa shape index (κ1) is 19.9. The maximum absolute atomic E-state index is 10.5. The normalized spacial score (nSPS) is 7.93. The quantitative estimate of drug-likeness (QED) is 0.548. The minimum atomic E-state index is -0.101. The van der Waals surface area contributed by atoms with Crippen LogP contribution in [0, 0.1) is 0 Å². The SMILES string of the molecule is C=CC(=O)NCCCNC.CCCC.Cl. The topological polar surface area (TPSA) is 41.1 Å². The van der Waals surface area contributed by atoms with Crippen LogP contribution in [0.2, 0.25) is 0 Å². The van der Waals surface area contributed by atoms with E-state index in [1.807, 2.05) is 7.05 Å². The third-order valence-corrected chi connectivity index (χ3v) is 1.59. The number of nitrogens with one attached hydrogen (secondary N) is 2. The summed E-state index contributed by atoms with van der Waals surface area (Å²) in [5.41, 5.74) is 0. The highest BCUT2D eigenvalue weighted by molar-refractivity contribution is 5.86. The van der Waals surface area contributed by atoms with Gasteiger partial charge in [-0.15, -0.1) is 12.4 Å². The molecular weight excluding hydrogens is 212 g/mol. The van der Waals surface area contributed by atoms with Gasteiger partial charge in [-0.1, -0.05) is 33.3 Å². The molecule has 0 spiro atoms. The van der Waals surface area contributed by atoms with Gasteiger partial charge in [0.15, 0.2) is 0 Å². The highest BCUT2D eigenvalue weighted by Gasteiger charge is 1.90. The number of amides is 1. The molecule has 0 aliphatic rings. The lowest BCUT2D eigenvalue weighted by atomic mass is 10.4. The third-order valence-electron chi connectivity index (χ3n) is 1.59. The summed E-state index contributed by atoms with van der Waals surface area (Å²) in [6.07, 6.45) is 4.87. The van der Waals surface area contributed by atoms with Crippen molar-refractivity contribution >= 4 is 18.3 Å². The van der Waals surface area contributed by atoms with Crippen molar-refractivity contribution in [3.05, 3.63) is 12.7 Å². The molecule has 1 amide bonds. The molecule has 0 unspecified atom stereocenters. The Morgan fingerprint density at radius 3 is 2.13 bits per heavy atom. The maximum atomic E-state index is 10.5. The number of carbonyl (C=O) groups excluding carboxylic acids is 1. The Bertz CT molecular complexity index is 139. The number of carbonyl (C=O) groups is 1. The van der Waals surface area contributed by atoms with E-state index >= 15 is 0 Å². The van der Waals surface area contributed by atoms with Crippen LogP contribution in [0.25, 0.3) is 0 Å². The van der Waals surface area contributed by atoms with E-state index in [9.17, 15) is 4.79 Å². The van der Waals surface area contributed by atoms with Crippen LogP contribution in [0.3, 0.4) is 0 Å². The summed E-state index contributed by atoms with van der Waals surface area (Å²) in [5, 5.41) is 5.65. The largest absolute Gasteiger partial charge is 0.353 e. The van der Waals surface area contributed by atoms with E-state index in [4.69, 9.17) is 0 Å². The fourth-order valence-corrected chi connectivity index (χ4v) is 0.549. The summed E-state index contributed by atoms with van der Waals surface area (Å²) in [7, 11) is 1.88. The Hall–Kier alpha value is -0.540. The molecule has 15 heavy (non-hydrogen) atoms. The van der Waals surface area contributed by atoms with Crippen LogP contribution in [0.15, 0.2) is 12.7 Å². The van der Waals surface area contributed by atoms with Crippen LogP contribution in [0.4, 0.5) is 0 Å². The van der Waals surface area contributed by atoms with Gasteiger partial charge in [0.05, 0.1) is 0 Å². The fourth-order valence-electron chi connectivity index (χ4n) is 0.549. The van der Waals surface area contributed by atoms with Gasteiger partial charge in [0.25, 0.3) is 0 Å². The molecule has 2 N–H and O–H groups in total. The molecule has 0 saturated carbocycles. The minimum absolute atomic E-state index is 0. The summed E-state index contributed by atoms with van der Waals surface area (Å²) in [6.45, 7) is 9.33. The van der Waals surface area contributed by atoms with Crippen molar-refractivity contribution in [1.82, 2.24) is 10.6 Å². The van der Waals surface area contributed by atoms with Crippen LogP contribution >= 0.6 is 12.4 Å². The molecule has 0 aliphatic carbocycles. The number of hydrogen-bond acceptors (Lipinski definition) is 2. The molecule has 0 aromatic carbocycles. The van der Waals surface area contributed by atoms with Crippen LogP contribution in [-0.4, -0.2) is 26.0 Å². The summed E-state index contributed by atoms with van der Waals surface area (Å²) >= 11 is 0. The molecule has 0 aromatic heterocycles. The summed E-state index contributed by atoms with van der Waals surface area (Å²) in [4.78, 5) is 10.5. The van der Waals surface area contributed by atoms with E-state index in [2.05, 4.69) is 31.1 Å². The van der Waals surface area contributed by atoms with Gasteiger partial charge in [-0.25, -0.2) is 0 Å². The average Bonchev–Trinajstić information content (AvgIpc) is 2.24. The van der Waals surface area contributed by atoms with Crippen LogP contribution in [-0.2, 0) is 4.79 Å². The average molecular weight is 237 g/mol. The van der Waals surface area contributed by atoms with Crippen molar-refractivity contribution in [2.45, 2.75) is 33.1 Å². The first-order valence-electron chi connectivity index (χ1n) is 5.27. The first-order chi connectivity index (χ1) is 6.72. The van der Waals surface area contributed by atoms with Gasteiger partial charge in [0.1, 0.15) is 0 Å². The Morgan fingerprint density at radius 2 is 1.80 bits per heavy atom. The highest BCUT2D eigenvalue weighted by Crippen LogP contribution is 1.76. The number of unbranched alkanes of at least 4 members (excludes halogenated alkanes) is 1. The van der Waals surface area contributed by atoms with Gasteiger partial charge < -0.3 is 10.6 Å². The molecule has 0 saturated heterocycles. The Labute approximate surface area is 100 Å². The number of halogens is 1. The Morgan fingerprint density at radius 1 is 1.27 bits per heavy atom. The molecule has 0 radical (unpaired) electrons. The zero-order valence-corrected chi connectivity index (χ0v) is 11.0. The van der Waals surface area contributed by atoms with E-state index in [1.54, 1.807) is 0 Å². The van der Waals surface area contributed by atoms with E-state index in [0.717, 1.165) is 13.0 Å². The third kappa shape index (κ3) is 24.7. The minimum Gasteiger partial charge on any atom is -0.353 e. The standard InChI is InChI=1S/C7H14N2O.C4H10.ClH/c1-3-7(10)9-6-4-5-8-2;1-3-4-2;/h3,8H,1,4-6H2,2H3,(H,9,10);3-4H2,1-2H3;1H. The molecule has 0 heterocycles. The lowest BCUT2D eigenvalue weighted by molar-refractivity contribution is -0.116. The van der Waals surface area contributed by atoms with Crippen molar-refractivity contribution < 1.29 is 4.79 Å². The van der Waals surface area contributed by atoms with Crippen molar-refractivity contribution in [2.24, 2.45) is 0 Å². The number of rotatable bonds is 6. The molecule has 0 atom stereocenters. The van der Waals surface area contributed by atoms with E-state index in [-0.39, 0.29) is 18.3 Å². The second kappa shape index (κ2) is 19.1. The van der Waals surface area contributed by atoms with Crippen LogP contribution in [0.5, 0.6) is 0 Å². The molecule has 0 fully saturated rings. The zero-order chi connectivity index (χ0) is 11.2. The molecule has 0 bridgehead atoms. The lowest BCUT2D eigenvalue weighted by Gasteiger charge is -1.99. The van der Waals surface area contributed by atoms with Crippen molar-refractivity contribution in [2.75, 3.05) is 20.1 Å². The summed E-state index contributed by atoms with van der Waals surface area (Å²) in [6, 6.07) is 0. The van der Waals surface area contributed by atoms with Crippen LogP contribution in [0.1, 0.15) is 33.1 Å². The van der Waals surface area contributed by atoms with E-state index in [0.29, 0.717) is 6.54 Å². The monoisotopic (exact) mass is 236 g/mol. The molecule has 92 valence electrons. The van der Waals surface area contributed by atoms with Gasteiger partial charge in [-0.05, 0) is 26.1 Å². The van der Waals surface area contributed by atoms with Gasteiger partial charge in [-0.3, -0.25) is 4.79 Å². The van der Waals surface area contributed by atoms with Crippen molar-refractivity contribution in [1.29, 1.82) is 0 Å². The molecule has 0 aromatic rings. The summed E-state index contributed by atoms with van der Waals surface area (Å²) in [5.74, 6) is -0.101.